The monoisotopic (exact) mass is 300 g/mol. The predicted molar refractivity (Wildman–Crippen MR) is 80.3 cm³/mol. The van der Waals surface area contributed by atoms with Crippen molar-refractivity contribution < 1.29 is 0 Å². The molecule has 3 N–H and O–H groups in total. The van der Waals surface area contributed by atoms with E-state index in [-0.39, 0.29) is 5.84 Å². The maximum Gasteiger partial charge on any atom is 0.173 e. The molecular formula is C14H13ClN6. The summed E-state index contributed by atoms with van der Waals surface area (Å²) < 4.78 is 0. The molecule has 106 valence electrons. The van der Waals surface area contributed by atoms with Crippen molar-refractivity contribution in [3.05, 3.63) is 46.9 Å². The lowest BCUT2D eigenvalue weighted by Gasteiger charge is -2.07. The minimum Gasteiger partial charge on any atom is -0.380 e. The van der Waals surface area contributed by atoms with Crippen molar-refractivity contribution in [2.75, 3.05) is 0 Å². The SMILES string of the molecule is N=NN=C(N)c1cc(-c2ccc(C3CC3)c(Cl)c2)ncn1. The maximum absolute atomic E-state index is 6.69. The van der Waals surface area contributed by atoms with Crippen LogP contribution in [0.25, 0.3) is 11.3 Å². The highest BCUT2D eigenvalue weighted by Gasteiger charge is 2.25. The van der Waals surface area contributed by atoms with Crippen LogP contribution in [-0.2, 0) is 0 Å². The summed E-state index contributed by atoms with van der Waals surface area (Å²) in [5.41, 5.74) is 15.6. The third kappa shape index (κ3) is 2.90. The Bertz CT molecular complexity index is 723. The average Bonchev–Trinajstić information content (AvgIpc) is 3.32. The van der Waals surface area contributed by atoms with Crippen molar-refractivity contribution in [2.24, 2.45) is 16.1 Å². The van der Waals surface area contributed by atoms with Crippen molar-refractivity contribution in [3.8, 4) is 11.3 Å². The topological polar surface area (TPSA) is 100 Å². The van der Waals surface area contributed by atoms with E-state index in [2.05, 4.69) is 20.3 Å². The first kappa shape index (κ1) is 13.6. The van der Waals surface area contributed by atoms with E-state index in [1.165, 1.54) is 24.7 Å². The molecule has 0 atom stereocenters. The van der Waals surface area contributed by atoms with E-state index in [0.29, 0.717) is 17.3 Å². The van der Waals surface area contributed by atoms with Crippen LogP contribution in [0.3, 0.4) is 0 Å². The lowest BCUT2D eigenvalue weighted by atomic mass is 10.1. The fourth-order valence-electron chi connectivity index (χ4n) is 2.17. The number of benzene rings is 1. The molecule has 6 nitrogen and oxygen atoms in total. The van der Waals surface area contributed by atoms with Gasteiger partial charge in [0.2, 0.25) is 0 Å². The predicted octanol–water partition coefficient (Wildman–Crippen LogP) is 3.33. The second-order valence-corrected chi connectivity index (χ2v) is 5.29. The lowest BCUT2D eigenvalue weighted by Crippen LogP contribution is -2.14. The van der Waals surface area contributed by atoms with Gasteiger partial charge in [-0.15, -0.1) is 5.10 Å². The van der Waals surface area contributed by atoms with Crippen molar-refractivity contribution in [1.29, 1.82) is 5.53 Å². The number of hydrogen-bond acceptors (Lipinski definition) is 4. The van der Waals surface area contributed by atoms with Crippen molar-refractivity contribution >= 4 is 17.4 Å². The van der Waals surface area contributed by atoms with Crippen molar-refractivity contribution in [2.45, 2.75) is 18.8 Å². The molecule has 0 aliphatic heterocycles. The molecule has 1 heterocycles. The average molecular weight is 301 g/mol. The molecule has 0 bridgehead atoms. The van der Waals surface area contributed by atoms with Gasteiger partial charge in [-0.05, 0) is 36.5 Å². The highest BCUT2D eigenvalue weighted by molar-refractivity contribution is 6.31. The molecular weight excluding hydrogens is 288 g/mol. The van der Waals surface area contributed by atoms with Crippen LogP contribution < -0.4 is 5.73 Å². The number of halogens is 1. The highest BCUT2D eigenvalue weighted by Crippen LogP contribution is 2.43. The summed E-state index contributed by atoms with van der Waals surface area (Å²) in [6, 6.07) is 7.65. The highest BCUT2D eigenvalue weighted by atomic mass is 35.5. The van der Waals surface area contributed by atoms with Gasteiger partial charge in [0.15, 0.2) is 5.84 Å². The van der Waals surface area contributed by atoms with Crippen LogP contribution in [-0.4, -0.2) is 15.8 Å². The first-order valence-corrected chi connectivity index (χ1v) is 6.89. The molecule has 0 unspecified atom stereocenters. The Balaban J connectivity index is 1.96. The lowest BCUT2D eigenvalue weighted by molar-refractivity contribution is 0.981. The largest absolute Gasteiger partial charge is 0.380 e. The molecule has 1 aromatic carbocycles. The van der Waals surface area contributed by atoms with Crippen LogP contribution in [0.1, 0.15) is 30.0 Å². The molecule has 7 heteroatoms. The third-order valence-electron chi connectivity index (χ3n) is 3.40. The Hall–Kier alpha value is -2.34. The van der Waals surface area contributed by atoms with E-state index in [4.69, 9.17) is 22.9 Å². The van der Waals surface area contributed by atoms with E-state index in [1.807, 2.05) is 18.2 Å². The Kier molecular flexibility index (Phi) is 3.62. The second kappa shape index (κ2) is 5.57. The van der Waals surface area contributed by atoms with Crippen molar-refractivity contribution in [3.63, 3.8) is 0 Å². The molecule has 0 saturated heterocycles. The zero-order valence-electron chi connectivity index (χ0n) is 11.1. The van der Waals surface area contributed by atoms with Crippen LogP contribution in [0.5, 0.6) is 0 Å². The number of nitrogens with zero attached hydrogens (tertiary/aromatic N) is 4. The Morgan fingerprint density at radius 1 is 1.29 bits per heavy atom. The van der Waals surface area contributed by atoms with Crippen LogP contribution in [0.4, 0.5) is 0 Å². The van der Waals surface area contributed by atoms with Crippen molar-refractivity contribution in [1.82, 2.24) is 9.97 Å². The molecule has 1 saturated carbocycles. The standard InChI is InChI=1S/C14H13ClN6/c15-11-5-9(3-4-10(11)8-1-2-8)12-6-13(19-7-18-12)14(16)20-21-17/h3-8H,1-2H2,(H3,16,17,20). The minimum absolute atomic E-state index is 0.0781. The van der Waals surface area contributed by atoms with Gasteiger partial charge >= 0.3 is 0 Å². The summed E-state index contributed by atoms with van der Waals surface area (Å²) >= 11 is 6.33. The number of amidine groups is 1. The minimum atomic E-state index is 0.0781. The summed E-state index contributed by atoms with van der Waals surface area (Å²) in [6.07, 6.45) is 3.82. The van der Waals surface area contributed by atoms with Gasteiger partial charge in [-0.25, -0.2) is 9.97 Å². The van der Waals surface area contributed by atoms with E-state index in [0.717, 1.165) is 10.6 Å². The maximum atomic E-state index is 6.69. The van der Waals surface area contributed by atoms with Gasteiger partial charge in [0, 0.05) is 10.6 Å². The van der Waals surface area contributed by atoms with Gasteiger partial charge in [0.25, 0.3) is 0 Å². The number of nitrogens with one attached hydrogen (secondary N) is 1. The van der Waals surface area contributed by atoms with Crippen LogP contribution >= 0.6 is 11.6 Å². The Morgan fingerprint density at radius 3 is 2.76 bits per heavy atom. The fourth-order valence-corrected chi connectivity index (χ4v) is 2.51. The molecule has 1 aromatic heterocycles. The number of rotatable bonds is 4. The fraction of sp³-hybridized carbons (Fsp3) is 0.214. The number of hydrogen-bond donors (Lipinski definition) is 2. The zero-order chi connectivity index (χ0) is 14.8. The molecule has 3 rings (SSSR count). The molecule has 1 fully saturated rings. The summed E-state index contributed by atoms with van der Waals surface area (Å²) in [5.74, 6) is 0.684. The molecule has 0 spiro atoms. The van der Waals surface area contributed by atoms with Gasteiger partial charge in [-0.3, -0.25) is 0 Å². The Labute approximate surface area is 126 Å². The molecule has 2 aromatic rings. The number of nitrogens with two attached hydrogens (primary N) is 1. The van der Waals surface area contributed by atoms with Gasteiger partial charge in [-0.2, -0.15) is 5.53 Å². The van der Waals surface area contributed by atoms with E-state index in [1.54, 1.807) is 6.07 Å². The summed E-state index contributed by atoms with van der Waals surface area (Å²) in [4.78, 5) is 8.24. The van der Waals surface area contributed by atoms with Gasteiger partial charge in [0.1, 0.15) is 12.0 Å². The molecule has 0 amide bonds. The number of aromatic nitrogens is 2. The summed E-state index contributed by atoms with van der Waals surface area (Å²) in [5, 5.41) is 7.12. The molecule has 1 aliphatic carbocycles. The van der Waals surface area contributed by atoms with Gasteiger partial charge in [-0.1, -0.05) is 29.0 Å². The summed E-state index contributed by atoms with van der Waals surface area (Å²) in [7, 11) is 0. The van der Waals surface area contributed by atoms with Crippen LogP contribution in [0, 0.1) is 5.53 Å². The third-order valence-corrected chi connectivity index (χ3v) is 3.73. The first-order valence-electron chi connectivity index (χ1n) is 6.51. The van der Waals surface area contributed by atoms with Crippen LogP contribution in [0.2, 0.25) is 5.02 Å². The zero-order valence-corrected chi connectivity index (χ0v) is 11.9. The van der Waals surface area contributed by atoms with Gasteiger partial charge in [0.05, 0.1) is 5.69 Å². The van der Waals surface area contributed by atoms with Crippen LogP contribution in [0.15, 0.2) is 40.9 Å². The normalized spacial score (nSPS) is 15.0. The Morgan fingerprint density at radius 2 is 2.10 bits per heavy atom. The quantitative estimate of drug-likeness (QED) is 0.392. The molecule has 0 radical (unpaired) electrons. The van der Waals surface area contributed by atoms with Gasteiger partial charge < -0.3 is 5.73 Å². The first-order chi connectivity index (χ1) is 10.2. The van der Waals surface area contributed by atoms with E-state index in [9.17, 15) is 0 Å². The smallest absolute Gasteiger partial charge is 0.173 e. The van der Waals surface area contributed by atoms with E-state index < -0.39 is 0 Å². The summed E-state index contributed by atoms with van der Waals surface area (Å²) in [6.45, 7) is 0. The molecule has 1 aliphatic rings. The van der Waals surface area contributed by atoms with E-state index >= 15 is 0 Å². The second-order valence-electron chi connectivity index (χ2n) is 4.88. The molecule has 21 heavy (non-hydrogen) atoms.